The smallest absolute Gasteiger partial charge is 0.223 e. The number of nitrogens with zero attached hydrogens (tertiary/aromatic N) is 5. The Hall–Kier alpha value is -2.45. The van der Waals surface area contributed by atoms with E-state index in [-0.39, 0.29) is 18.1 Å². The van der Waals surface area contributed by atoms with Gasteiger partial charge >= 0.3 is 0 Å². The number of benzene rings is 1. The predicted octanol–water partition coefficient (Wildman–Crippen LogP) is 1.78. The van der Waals surface area contributed by atoms with Crippen LogP contribution in [0, 0.1) is 0 Å². The highest BCUT2D eigenvalue weighted by molar-refractivity contribution is 5.76. The lowest BCUT2D eigenvalue weighted by molar-refractivity contribution is -0.132. The number of methoxy groups -OCH3 is 1. The van der Waals surface area contributed by atoms with E-state index in [1.807, 2.05) is 29.2 Å². The van der Waals surface area contributed by atoms with Crippen molar-refractivity contribution in [3.8, 4) is 5.75 Å². The van der Waals surface area contributed by atoms with Crippen LogP contribution in [0.1, 0.15) is 49.9 Å². The normalized spacial score (nSPS) is 21.8. The maximum Gasteiger partial charge on any atom is 0.223 e. The van der Waals surface area contributed by atoms with Crippen molar-refractivity contribution in [2.45, 2.75) is 64.4 Å². The van der Waals surface area contributed by atoms with Crippen molar-refractivity contribution in [2.24, 2.45) is 0 Å². The molecular weight excluding hydrogens is 382 g/mol. The van der Waals surface area contributed by atoms with Crippen molar-refractivity contribution in [3.05, 3.63) is 41.5 Å². The first-order chi connectivity index (χ1) is 14.5. The topological polar surface area (TPSA) is 83.7 Å². The summed E-state index contributed by atoms with van der Waals surface area (Å²) in [5.74, 6) is 2.71. The molecule has 8 heteroatoms. The van der Waals surface area contributed by atoms with Crippen LogP contribution in [0.5, 0.6) is 5.75 Å². The molecule has 1 fully saturated rings. The minimum atomic E-state index is -0.329. The molecule has 0 spiro atoms. The maximum absolute atomic E-state index is 12.8. The Morgan fingerprint density at radius 1 is 1.23 bits per heavy atom. The molecule has 1 aromatic carbocycles. The van der Waals surface area contributed by atoms with Gasteiger partial charge in [0.2, 0.25) is 5.91 Å². The summed E-state index contributed by atoms with van der Waals surface area (Å²) >= 11 is 0. The molecule has 1 N–H and O–H groups in total. The van der Waals surface area contributed by atoms with Gasteiger partial charge in [-0.15, -0.1) is 10.2 Å². The first-order valence-electron chi connectivity index (χ1n) is 10.7. The molecule has 4 rings (SSSR count). The molecule has 2 atom stereocenters. The van der Waals surface area contributed by atoms with E-state index in [0.29, 0.717) is 51.5 Å². The lowest BCUT2D eigenvalue weighted by Gasteiger charge is -2.31. The van der Waals surface area contributed by atoms with Gasteiger partial charge in [-0.25, -0.2) is 0 Å². The molecule has 2 aromatic rings. The highest BCUT2D eigenvalue weighted by atomic mass is 16.5. The third-order valence-electron chi connectivity index (χ3n) is 6.20. The van der Waals surface area contributed by atoms with Crippen LogP contribution in [0.2, 0.25) is 0 Å². The first kappa shape index (κ1) is 20.8. The number of hydrogen-bond donors (Lipinski definition) is 1. The first-order valence-corrected chi connectivity index (χ1v) is 10.7. The second kappa shape index (κ2) is 8.73. The molecule has 30 heavy (non-hydrogen) atoms. The van der Waals surface area contributed by atoms with Crippen LogP contribution in [0.25, 0.3) is 0 Å². The molecule has 2 aliphatic rings. The lowest BCUT2D eigenvalue weighted by atomic mass is 10.1. The second-order valence-corrected chi connectivity index (χ2v) is 8.49. The van der Waals surface area contributed by atoms with Gasteiger partial charge in [-0.2, -0.15) is 0 Å². The van der Waals surface area contributed by atoms with Crippen molar-refractivity contribution in [1.82, 2.24) is 24.6 Å². The van der Waals surface area contributed by atoms with E-state index in [2.05, 4.69) is 33.5 Å². The zero-order chi connectivity index (χ0) is 21.3. The Labute approximate surface area is 177 Å². The summed E-state index contributed by atoms with van der Waals surface area (Å²) in [4.78, 5) is 16.9. The minimum Gasteiger partial charge on any atom is -0.497 e. The SMILES string of the molecule is COc1ccc(CCC(=O)N2CCn3c(nnc3[C@@H]3C[C@H](O)CN3C(C)C)C2)cc1. The van der Waals surface area contributed by atoms with Crippen LogP contribution in [-0.2, 0) is 24.3 Å². The predicted molar refractivity (Wildman–Crippen MR) is 112 cm³/mol. The average molecular weight is 414 g/mol. The molecule has 0 radical (unpaired) electrons. The van der Waals surface area contributed by atoms with Crippen LogP contribution in [-0.4, -0.2) is 67.9 Å². The Morgan fingerprint density at radius 2 is 2.00 bits per heavy atom. The summed E-state index contributed by atoms with van der Waals surface area (Å²) in [6.45, 7) is 6.80. The largest absolute Gasteiger partial charge is 0.497 e. The summed E-state index contributed by atoms with van der Waals surface area (Å²) in [5, 5.41) is 19.0. The summed E-state index contributed by atoms with van der Waals surface area (Å²) in [7, 11) is 1.65. The number of β-amino-alcohol motifs (C(OH)–C–C–N with tert-alkyl or cyclic N) is 1. The lowest BCUT2D eigenvalue weighted by Crippen LogP contribution is -2.40. The van der Waals surface area contributed by atoms with Crippen molar-refractivity contribution < 1.29 is 14.6 Å². The molecule has 0 unspecified atom stereocenters. The van der Waals surface area contributed by atoms with E-state index in [1.165, 1.54) is 0 Å². The van der Waals surface area contributed by atoms with E-state index in [9.17, 15) is 9.90 Å². The average Bonchev–Trinajstić information content (AvgIpc) is 3.35. The van der Waals surface area contributed by atoms with Gasteiger partial charge in [0.15, 0.2) is 11.6 Å². The standard InChI is InChI=1S/C22H31N5O3/c1-15(2)27-13-17(28)12-19(27)22-24-23-20-14-25(10-11-26(20)22)21(29)9-6-16-4-7-18(30-3)8-5-16/h4-5,7-8,15,17,19,28H,6,9-14H2,1-3H3/t17-,19-/m0/s1. The molecule has 3 heterocycles. The summed E-state index contributed by atoms with van der Waals surface area (Å²) in [5.41, 5.74) is 1.13. The minimum absolute atomic E-state index is 0.0820. The molecule has 162 valence electrons. The number of likely N-dealkylation sites (tertiary alicyclic amines) is 1. The molecule has 1 amide bonds. The number of carbonyl (C=O) groups excluding carboxylic acids is 1. The fourth-order valence-electron chi connectivity index (χ4n) is 4.50. The van der Waals surface area contributed by atoms with Crippen molar-refractivity contribution in [2.75, 3.05) is 20.2 Å². The summed E-state index contributed by atoms with van der Waals surface area (Å²) < 4.78 is 7.32. The Bertz CT molecular complexity index is 879. The summed E-state index contributed by atoms with van der Waals surface area (Å²) in [6.07, 6.45) is 1.54. The Balaban J connectivity index is 1.39. The van der Waals surface area contributed by atoms with Gasteiger partial charge < -0.3 is 19.3 Å². The zero-order valence-electron chi connectivity index (χ0n) is 18.0. The third kappa shape index (κ3) is 4.20. The number of hydrogen-bond acceptors (Lipinski definition) is 6. The number of amides is 1. The molecule has 0 aliphatic carbocycles. The quantitative estimate of drug-likeness (QED) is 0.777. The van der Waals surface area contributed by atoms with Crippen molar-refractivity contribution >= 4 is 5.91 Å². The Kier molecular flexibility index (Phi) is 6.06. The van der Waals surface area contributed by atoms with Crippen LogP contribution < -0.4 is 4.74 Å². The fraction of sp³-hybridized carbons (Fsp3) is 0.591. The number of aryl methyl sites for hydroxylation is 1. The van der Waals surface area contributed by atoms with Gasteiger partial charge in [-0.05, 0) is 44.4 Å². The van der Waals surface area contributed by atoms with E-state index in [4.69, 9.17) is 4.74 Å². The Morgan fingerprint density at radius 3 is 2.70 bits per heavy atom. The number of aromatic nitrogens is 3. The van der Waals surface area contributed by atoms with Crippen LogP contribution in [0.15, 0.2) is 24.3 Å². The molecular formula is C22H31N5O3. The number of aliphatic hydroxyl groups excluding tert-OH is 1. The highest BCUT2D eigenvalue weighted by Gasteiger charge is 2.38. The zero-order valence-corrected chi connectivity index (χ0v) is 18.0. The molecule has 8 nitrogen and oxygen atoms in total. The number of carbonyl (C=O) groups is 1. The molecule has 1 aromatic heterocycles. The molecule has 1 saturated heterocycles. The van der Waals surface area contributed by atoms with Gasteiger partial charge in [0.1, 0.15) is 5.75 Å². The molecule has 2 aliphatic heterocycles. The van der Waals surface area contributed by atoms with E-state index >= 15 is 0 Å². The fourth-order valence-corrected chi connectivity index (χ4v) is 4.50. The van der Waals surface area contributed by atoms with E-state index in [0.717, 1.165) is 23.0 Å². The monoisotopic (exact) mass is 413 g/mol. The van der Waals surface area contributed by atoms with Gasteiger partial charge in [-0.3, -0.25) is 9.69 Å². The number of rotatable bonds is 6. The number of ether oxygens (including phenoxy) is 1. The van der Waals surface area contributed by atoms with Crippen LogP contribution >= 0.6 is 0 Å². The molecule has 0 bridgehead atoms. The number of fused-ring (bicyclic) bond motifs is 1. The van der Waals surface area contributed by atoms with E-state index < -0.39 is 0 Å². The third-order valence-corrected chi connectivity index (χ3v) is 6.20. The van der Waals surface area contributed by atoms with Gasteiger partial charge in [0, 0.05) is 32.1 Å². The van der Waals surface area contributed by atoms with Crippen molar-refractivity contribution in [3.63, 3.8) is 0 Å². The van der Waals surface area contributed by atoms with Crippen LogP contribution in [0.4, 0.5) is 0 Å². The summed E-state index contributed by atoms with van der Waals surface area (Å²) in [6, 6.07) is 8.26. The maximum atomic E-state index is 12.8. The van der Waals surface area contributed by atoms with Gasteiger partial charge in [0.25, 0.3) is 0 Å². The van der Waals surface area contributed by atoms with E-state index in [1.54, 1.807) is 7.11 Å². The van der Waals surface area contributed by atoms with Gasteiger partial charge in [-0.1, -0.05) is 12.1 Å². The number of aliphatic hydroxyl groups is 1. The van der Waals surface area contributed by atoms with Crippen LogP contribution in [0.3, 0.4) is 0 Å². The second-order valence-electron chi connectivity index (χ2n) is 8.49. The molecule has 0 saturated carbocycles. The van der Waals surface area contributed by atoms with Gasteiger partial charge in [0.05, 0.1) is 25.8 Å². The van der Waals surface area contributed by atoms with Crippen molar-refractivity contribution in [1.29, 1.82) is 0 Å². The highest BCUT2D eigenvalue weighted by Crippen LogP contribution is 2.33.